The van der Waals surface area contributed by atoms with Crippen molar-refractivity contribution >= 4 is 33.7 Å². The van der Waals surface area contributed by atoms with E-state index in [1.54, 1.807) is 25.1 Å². The average molecular weight is 520 g/mol. The van der Waals surface area contributed by atoms with Crippen LogP contribution in [-0.2, 0) is 21.4 Å². The first kappa shape index (κ1) is 26.1. The third-order valence-corrected chi connectivity index (χ3v) is 6.82. The van der Waals surface area contributed by atoms with Gasteiger partial charge in [0, 0.05) is 17.1 Å². The Kier molecular flexibility index (Phi) is 8.80. The molecule has 3 aromatic rings. The van der Waals surface area contributed by atoms with Gasteiger partial charge in [0.05, 0.1) is 24.3 Å². The lowest BCUT2D eigenvalue weighted by Crippen LogP contribution is -2.39. The number of carbonyl (C=O) groups is 1. The van der Waals surface area contributed by atoms with Crippen LogP contribution in [0.5, 0.6) is 11.5 Å². The normalized spacial score (nSPS) is 11.7. The number of aromatic hydroxyl groups is 1. The number of hydrogen-bond donors (Lipinski definition) is 2. The smallest absolute Gasteiger partial charge is 0.255 e. The topological polar surface area (TPSA) is 108 Å². The van der Waals surface area contributed by atoms with Crippen LogP contribution >= 0.6 is 11.6 Å². The van der Waals surface area contributed by atoms with Crippen molar-refractivity contribution in [1.82, 2.24) is 9.73 Å². The molecule has 0 atom stereocenters. The molecule has 0 aromatic heterocycles. The minimum Gasteiger partial charge on any atom is -0.504 e. The zero-order valence-corrected chi connectivity index (χ0v) is 20.3. The molecule has 0 spiro atoms. The summed E-state index contributed by atoms with van der Waals surface area (Å²) in [5, 5.41) is 14.4. The summed E-state index contributed by atoms with van der Waals surface area (Å²) >= 11 is 5.87. The highest BCUT2D eigenvalue weighted by Crippen LogP contribution is 2.28. The summed E-state index contributed by atoms with van der Waals surface area (Å²) < 4.78 is 46.0. The van der Waals surface area contributed by atoms with Gasteiger partial charge in [0.2, 0.25) is 10.0 Å². The maximum Gasteiger partial charge on any atom is 0.255 e. The van der Waals surface area contributed by atoms with E-state index in [2.05, 4.69) is 10.5 Å². The number of halogens is 2. The fraction of sp³-hybridized carbons (Fsp3) is 0.167. The van der Waals surface area contributed by atoms with E-state index in [-0.39, 0.29) is 22.9 Å². The van der Waals surface area contributed by atoms with Gasteiger partial charge in [-0.1, -0.05) is 29.8 Å². The third kappa shape index (κ3) is 7.01. The molecule has 0 saturated carbocycles. The summed E-state index contributed by atoms with van der Waals surface area (Å²) in [7, 11) is -4.11. The molecule has 0 radical (unpaired) electrons. The van der Waals surface area contributed by atoms with E-state index in [1.807, 2.05) is 0 Å². The van der Waals surface area contributed by atoms with Crippen LogP contribution in [0, 0.1) is 5.82 Å². The summed E-state index contributed by atoms with van der Waals surface area (Å²) in [6.07, 6.45) is 1.22. The van der Waals surface area contributed by atoms with Gasteiger partial charge in [-0.3, -0.25) is 4.79 Å². The van der Waals surface area contributed by atoms with Gasteiger partial charge in [-0.15, -0.1) is 0 Å². The van der Waals surface area contributed by atoms with Crippen LogP contribution in [0.15, 0.2) is 76.7 Å². The minimum atomic E-state index is -4.11. The molecule has 0 saturated heterocycles. The van der Waals surface area contributed by atoms with Gasteiger partial charge in [0.1, 0.15) is 5.82 Å². The molecule has 11 heteroatoms. The van der Waals surface area contributed by atoms with E-state index < -0.39 is 28.3 Å². The molecule has 35 heavy (non-hydrogen) atoms. The van der Waals surface area contributed by atoms with Crippen LogP contribution in [-0.4, -0.2) is 43.1 Å². The van der Waals surface area contributed by atoms with Crippen LogP contribution in [0.25, 0.3) is 0 Å². The highest BCUT2D eigenvalue weighted by Gasteiger charge is 2.27. The number of phenolic OH excluding ortho intramolecular Hbond substituents is 1. The Bertz CT molecular complexity index is 1300. The Hall–Kier alpha value is -3.47. The maximum atomic E-state index is 13.3. The van der Waals surface area contributed by atoms with E-state index in [9.17, 15) is 22.7 Å². The number of hydrogen-bond acceptors (Lipinski definition) is 6. The van der Waals surface area contributed by atoms with E-state index in [1.165, 1.54) is 54.7 Å². The lowest BCUT2D eigenvalue weighted by Gasteiger charge is -2.21. The van der Waals surface area contributed by atoms with E-state index in [4.69, 9.17) is 16.3 Å². The fourth-order valence-electron chi connectivity index (χ4n) is 3.06. The number of hydrazone groups is 1. The number of phenols is 1. The predicted molar refractivity (Wildman–Crippen MR) is 130 cm³/mol. The molecule has 0 bridgehead atoms. The molecule has 0 aliphatic rings. The number of benzene rings is 3. The molecular formula is C24H23ClFN3O5S. The molecule has 3 aromatic carbocycles. The Labute approximate surface area is 207 Å². The molecular weight excluding hydrogens is 497 g/mol. The second kappa shape index (κ2) is 11.8. The Balaban J connectivity index is 1.78. The highest BCUT2D eigenvalue weighted by molar-refractivity contribution is 7.89. The van der Waals surface area contributed by atoms with E-state index in [0.29, 0.717) is 22.8 Å². The molecule has 2 N–H and O–H groups in total. The molecule has 8 nitrogen and oxygen atoms in total. The highest BCUT2D eigenvalue weighted by atomic mass is 35.5. The molecule has 0 heterocycles. The second-order valence-electron chi connectivity index (χ2n) is 7.27. The van der Waals surface area contributed by atoms with Gasteiger partial charge in [-0.2, -0.15) is 9.41 Å². The molecule has 0 fully saturated rings. The van der Waals surface area contributed by atoms with Crippen molar-refractivity contribution < 1.29 is 27.4 Å². The summed E-state index contributed by atoms with van der Waals surface area (Å²) in [5.41, 5.74) is 3.04. The summed E-state index contributed by atoms with van der Waals surface area (Å²) in [4.78, 5) is 12.5. The molecule has 0 aliphatic heterocycles. The Morgan fingerprint density at radius 1 is 1.14 bits per heavy atom. The number of nitrogens with zero attached hydrogens (tertiary/aromatic N) is 2. The van der Waals surface area contributed by atoms with Crippen LogP contribution < -0.4 is 10.2 Å². The second-order valence-corrected chi connectivity index (χ2v) is 9.65. The standard InChI is InChI=1S/C24H23ClFN3O5S/c1-2-34-22-5-3-4-18(24(22)31)14-27-28-23(30)16-29(15-17-6-10-20(26)11-7-17)35(32,33)21-12-8-19(25)9-13-21/h3-14,31H,2,15-16H2,1H3,(H,28,30)/b27-14-. The summed E-state index contributed by atoms with van der Waals surface area (Å²) in [6.45, 7) is 1.39. The fourth-order valence-corrected chi connectivity index (χ4v) is 4.57. The first-order valence-electron chi connectivity index (χ1n) is 10.5. The van der Waals surface area contributed by atoms with Crippen molar-refractivity contribution in [2.75, 3.05) is 13.2 Å². The minimum absolute atomic E-state index is 0.0574. The average Bonchev–Trinajstić information content (AvgIpc) is 2.83. The summed E-state index contributed by atoms with van der Waals surface area (Å²) in [6, 6.07) is 15.6. The molecule has 0 aliphatic carbocycles. The number of rotatable bonds is 10. The molecule has 0 unspecified atom stereocenters. The number of sulfonamides is 1. The van der Waals surface area contributed by atoms with Crippen molar-refractivity contribution in [3.63, 3.8) is 0 Å². The monoisotopic (exact) mass is 519 g/mol. The molecule has 3 rings (SSSR count). The number of ether oxygens (including phenoxy) is 1. The molecule has 1 amide bonds. The van der Waals surface area contributed by atoms with Crippen molar-refractivity contribution in [1.29, 1.82) is 0 Å². The van der Waals surface area contributed by atoms with Gasteiger partial charge in [-0.05, 0) is 61.0 Å². The summed E-state index contributed by atoms with van der Waals surface area (Å²) in [5.74, 6) is -1.07. The zero-order valence-electron chi connectivity index (χ0n) is 18.7. The number of carbonyl (C=O) groups excluding carboxylic acids is 1. The van der Waals surface area contributed by atoms with Crippen LogP contribution in [0.3, 0.4) is 0 Å². The van der Waals surface area contributed by atoms with Gasteiger partial charge in [0.15, 0.2) is 11.5 Å². The maximum absolute atomic E-state index is 13.3. The first-order chi connectivity index (χ1) is 16.7. The SMILES string of the molecule is CCOc1cccc(/C=N\NC(=O)CN(Cc2ccc(F)cc2)S(=O)(=O)c2ccc(Cl)cc2)c1O. The van der Waals surface area contributed by atoms with E-state index in [0.717, 1.165) is 4.31 Å². The van der Waals surface area contributed by atoms with Gasteiger partial charge >= 0.3 is 0 Å². The van der Waals surface area contributed by atoms with Gasteiger partial charge in [0.25, 0.3) is 5.91 Å². The number of nitrogens with one attached hydrogen (secondary N) is 1. The Morgan fingerprint density at radius 3 is 2.49 bits per heavy atom. The van der Waals surface area contributed by atoms with Crippen molar-refractivity contribution in [3.05, 3.63) is 88.7 Å². The van der Waals surface area contributed by atoms with Crippen LogP contribution in [0.2, 0.25) is 5.02 Å². The first-order valence-corrected chi connectivity index (χ1v) is 12.3. The van der Waals surface area contributed by atoms with Crippen LogP contribution in [0.1, 0.15) is 18.1 Å². The van der Waals surface area contributed by atoms with Gasteiger partial charge < -0.3 is 9.84 Å². The Morgan fingerprint density at radius 2 is 1.83 bits per heavy atom. The number of para-hydroxylation sites is 1. The van der Waals surface area contributed by atoms with Crippen molar-refractivity contribution in [3.8, 4) is 11.5 Å². The quantitative estimate of drug-likeness (QED) is 0.312. The van der Waals surface area contributed by atoms with Gasteiger partial charge in [-0.25, -0.2) is 18.2 Å². The molecule has 184 valence electrons. The predicted octanol–water partition coefficient (Wildman–Crippen LogP) is 3.92. The van der Waals surface area contributed by atoms with Crippen LogP contribution in [0.4, 0.5) is 4.39 Å². The van der Waals surface area contributed by atoms with E-state index >= 15 is 0 Å². The third-order valence-electron chi connectivity index (χ3n) is 4.77. The lowest BCUT2D eigenvalue weighted by molar-refractivity contribution is -0.121. The van der Waals surface area contributed by atoms with Crippen molar-refractivity contribution in [2.45, 2.75) is 18.4 Å². The lowest BCUT2D eigenvalue weighted by atomic mass is 10.2. The zero-order chi connectivity index (χ0) is 25.4. The number of amides is 1. The largest absolute Gasteiger partial charge is 0.504 e. The van der Waals surface area contributed by atoms with Crippen molar-refractivity contribution in [2.24, 2.45) is 5.10 Å².